The van der Waals surface area contributed by atoms with Crippen LogP contribution < -0.4 is 15.4 Å². The fraction of sp³-hybridized carbons (Fsp3) is 0.556. The molecule has 1 unspecified atom stereocenters. The Morgan fingerprint density at radius 3 is 2.85 bits per heavy atom. The van der Waals surface area contributed by atoms with Gasteiger partial charge in [-0.15, -0.1) is 24.0 Å². The molecule has 1 aliphatic rings. The van der Waals surface area contributed by atoms with Gasteiger partial charge in [-0.05, 0) is 30.5 Å². The first-order chi connectivity index (χ1) is 12.1. The molecule has 2 N–H and O–H groups in total. The van der Waals surface area contributed by atoms with Gasteiger partial charge in [0.2, 0.25) is 5.91 Å². The summed E-state index contributed by atoms with van der Waals surface area (Å²) in [6, 6.07) is 7.78. The fourth-order valence-corrected chi connectivity index (χ4v) is 2.45. The quantitative estimate of drug-likeness (QED) is 0.356. The molecule has 0 spiro atoms. The van der Waals surface area contributed by atoms with Gasteiger partial charge in [0.15, 0.2) is 5.96 Å². The van der Waals surface area contributed by atoms with Gasteiger partial charge in [0.05, 0.1) is 26.3 Å². The van der Waals surface area contributed by atoms with E-state index in [1.807, 2.05) is 24.3 Å². The van der Waals surface area contributed by atoms with Crippen molar-refractivity contribution in [3.63, 3.8) is 0 Å². The van der Waals surface area contributed by atoms with Crippen molar-refractivity contribution < 1.29 is 14.3 Å². The highest BCUT2D eigenvalue weighted by molar-refractivity contribution is 14.0. The maximum atomic E-state index is 11.8. The molecule has 1 aromatic rings. The number of nitrogens with one attached hydrogen (secondary N) is 2. The van der Waals surface area contributed by atoms with Crippen molar-refractivity contribution in [3.05, 3.63) is 29.8 Å². The van der Waals surface area contributed by atoms with E-state index in [1.54, 1.807) is 26.1 Å². The van der Waals surface area contributed by atoms with Gasteiger partial charge in [0.25, 0.3) is 0 Å². The molecular weight excluding hydrogens is 447 g/mol. The van der Waals surface area contributed by atoms with Gasteiger partial charge >= 0.3 is 0 Å². The van der Waals surface area contributed by atoms with Gasteiger partial charge in [-0.1, -0.05) is 12.1 Å². The average molecular weight is 476 g/mol. The molecule has 0 saturated carbocycles. The number of rotatable bonds is 7. The Morgan fingerprint density at radius 2 is 2.19 bits per heavy atom. The lowest BCUT2D eigenvalue weighted by atomic mass is 10.2. The molecule has 1 saturated heterocycles. The Labute approximate surface area is 172 Å². The molecule has 7 nitrogen and oxygen atoms in total. The zero-order chi connectivity index (χ0) is 18.1. The number of carbonyl (C=O) groups excluding carboxylic acids is 1. The maximum Gasteiger partial charge on any atom is 0.241 e. The molecule has 0 bridgehead atoms. The lowest BCUT2D eigenvalue weighted by Crippen LogP contribution is -2.45. The minimum Gasteiger partial charge on any atom is -0.497 e. The van der Waals surface area contributed by atoms with Crippen LogP contribution in [0.15, 0.2) is 29.3 Å². The Bertz CT molecular complexity index is 590. The third kappa shape index (κ3) is 7.77. The Morgan fingerprint density at radius 1 is 1.38 bits per heavy atom. The zero-order valence-electron chi connectivity index (χ0n) is 15.7. The minimum absolute atomic E-state index is 0. The predicted octanol–water partition coefficient (Wildman–Crippen LogP) is 1.62. The van der Waals surface area contributed by atoms with Crippen LogP contribution in [0.5, 0.6) is 5.75 Å². The third-order valence-electron chi connectivity index (χ3n) is 3.98. The SMILES string of the molecule is COc1cccc(CN=C(NCC(=O)N(C)C)NCC2CCCO2)c1.I. The second-order valence-electron chi connectivity index (χ2n) is 6.17. The summed E-state index contributed by atoms with van der Waals surface area (Å²) in [4.78, 5) is 17.9. The normalized spacial score (nSPS) is 16.6. The van der Waals surface area contributed by atoms with Crippen LogP contribution in [0, 0.1) is 0 Å². The van der Waals surface area contributed by atoms with E-state index in [9.17, 15) is 4.79 Å². The van der Waals surface area contributed by atoms with E-state index >= 15 is 0 Å². The number of benzene rings is 1. The summed E-state index contributed by atoms with van der Waals surface area (Å²) >= 11 is 0. The van der Waals surface area contributed by atoms with E-state index < -0.39 is 0 Å². The highest BCUT2D eigenvalue weighted by atomic mass is 127. The van der Waals surface area contributed by atoms with Crippen LogP contribution in [0.2, 0.25) is 0 Å². The van der Waals surface area contributed by atoms with Crippen LogP contribution in [0.1, 0.15) is 18.4 Å². The first kappa shape index (κ1) is 22.5. The van der Waals surface area contributed by atoms with Crippen LogP contribution in [0.3, 0.4) is 0 Å². The number of carbonyl (C=O) groups is 1. The van der Waals surface area contributed by atoms with E-state index in [4.69, 9.17) is 9.47 Å². The Hall–Kier alpha value is -1.55. The van der Waals surface area contributed by atoms with Crippen LogP contribution in [0.4, 0.5) is 0 Å². The van der Waals surface area contributed by atoms with Gasteiger partial charge in [-0.2, -0.15) is 0 Å². The molecule has 26 heavy (non-hydrogen) atoms. The summed E-state index contributed by atoms with van der Waals surface area (Å²) < 4.78 is 10.9. The lowest BCUT2D eigenvalue weighted by Gasteiger charge is -2.17. The molecular formula is C18H29IN4O3. The number of likely N-dealkylation sites (N-methyl/N-ethyl adjacent to an activating group) is 1. The van der Waals surface area contributed by atoms with Gasteiger partial charge in [0, 0.05) is 27.2 Å². The molecule has 1 fully saturated rings. The number of ether oxygens (including phenoxy) is 2. The molecule has 1 heterocycles. The van der Waals surface area contributed by atoms with E-state index in [-0.39, 0.29) is 42.5 Å². The Balaban J connectivity index is 0.00000338. The lowest BCUT2D eigenvalue weighted by molar-refractivity contribution is -0.127. The standard InChI is InChI=1S/C18H28N4O3.HI/c1-22(2)17(23)13-21-18(20-12-16-8-5-9-25-16)19-11-14-6-4-7-15(10-14)24-3;/h4,6-7,10,16H,5,8-9,11-13H2,1-3H3,(H2,19,20,21);1H. The van der Waals surface area contributed by atoms with Crippen molar-refractivity contribution in [2.75, 3.05) is 40.9 Å². The topological polar surface area (TPSA) is 75.2 Å². The maximum absolute atomic E-state index is 11.8. The third-order valence-corrected chi connectivity index (χ3v) is 3.98. The summed E-state index contributed by atoms with van der Waals surface area (Å²) in [5, 5.41) is 6.35. The van der Waals surface area contributed by atoms with Crippen molar-refractivity contribution in [2.45, 2.75) is 25.5 Å². The van der Waals surface area contributed by atoms with Crippen molar-refractivity contribution >= 4 is 35.8 Å². The summed E-state index contributed by atoms with van der Waals surface area (Å²) in [5.41, 5.74) is 1.04. The number of hydrogen-bond donors (Lipinski definition) is 2. The van der Waals surface area contributed by atoms with E-state index in [1.165, 1.54) is 0 Å². The van der Waals surface area contributed by atoms with Crippen LogP contribution in [-0.2, 0) is 16.1 Å². The highest BCUT2D eigenvalue weighted by Gasteiger charge is 2.16. The van der Waals surface area contributed by atoms with E-state index in [2.05, 4.69) is 15.6 Å². The average Bonchev–Trinajstić information content (AvgIpc) is 3.14. The molecule has 0 radical (unpaired) electrons. The Kier molecular flexibility index (Phi) is 10.3. The smallest absolute Gasteiger partial charge is 0.241 e. The van der Waals surface area contributed by atoms with E-state index in [0.29, 0.717) is 19.0 Å². The minimum atomic E-state index is -0.00648. The zero-order valence-corrected chi connectivity index (χ0v) is 18.0. The van der Waals surface area contributed by atoms with Crippen LogP contribution in [-0.4, -0.2) is 63.8 Å². The molecule has 146 valence electrons. The molecule has 1 amide bonds. The largest absolute Gasteiger partial charge is 0.497 e. The molecule has 2 rings (SSSR count). The summed E-state index contributed by atoms with van der Waals surface area (Å²) in [6.45, 7) is 2.19. The first-order valence-electron chi connectivity index (χ1n) is 8.55. The van der Waals surface area contributed by atoms with Crippen molar-refractivity contribution in [1.29, 1.82) is 0 Å². The van der Waals surface area contributed by atoms with Crippen molar-refractivity contribution in [1.82, 2.24) is 15.5 Å². The number of nitrogens with zero attached hydrogens (tertiary/aromatic N) is 2. The number of halogens is 1. The molecule has 1 aromatic carbocycles. The monoisotopic (exact) mass is 476 g/mol. The van der Waals surface area contributed by atoms with Crippen LogP contribution in [0.25, 0.3) is 0 Å². The van der Waals surface area contributed by atoms with Gasteiger partial charge in [-0.3, -0.25) is 4.79 Å². The number of methoxy groups -OCH3 is 1. The summed E-state index contributed by atoms with van der Waals surface area (Å²) in [7, 11) is 5.11. The fourth-order valence-electron chi connectivity index (χ4n) is 2.45. The van der Waals surface area contributed by atoms with Crippen LogP contribution >= 0.6 is 24.0 Å². The second kappa shape index (κ2) is 11.9. The summed E-state index contributed by atoms with van der Waals surface area (Å²) in [5.74, 6) is 1.40. The molecule has 1 atom stereocenters. The molecule has 8 heteroatoms. The second-order valence-corrected chi connectivity index (χ2v) is 6.17. The number of aliphatic imine (C=N–C) groups is 1. The predicted molar refractivity (Wildman–Crippen MR) is 113 cm³/mol. The van der Waals surface area contributed by atoms with Gasteiger partial charge in [0.1, 0.15) is 5.75 Å². The number of hydrogen-bond acceptors (Lipinski definition) is 4. The van der Waals surface area contributed by atoms with Crippen molar-refractivity contribution in [2.24, 2.45) is 4.99 Å². The first-order valence-corrected chi connectivity index (χ1v) is 8.55. The molecule has 1 aliphatic heterocycles. The summed E-state index contributed by atoms with van der Waals surface area (Å²) in [6.07, 6.45) is 2.34. The van der Waals surface area contributed by atoms with Gasteiger partial charge < -0.3 is 25.0 Å². The van der Waals surface area contributed by atoms with Crippen molar-refractivity contribution in [3.8, 4) is 5.75 Å². The van der Waals surface area contributed by atoms with Gasteiger partial charge in [-0.25, -0.2) is 4.99 Å². The number of amides is 1. The highest BCUT2D eigenvalue weighted by Crippen LogP contribution is 2.13. The number of guanidine groups is 1. The van der Waals surface area contributed by atoms with E-state index in [0.717, 1.165) is 30.8 Å². The molecule has 0 aromatic heterocycles. The molecule has 0 aliphatic carbocycles.